The minimum atomic E-state index is 0.226. The van der Waals surface area contributed by atoms with Gasteiger partial charge in [0.25, 0.3) is 0 Å². The van der Waals surface area contributed by atoms with Crippen LogP contribution < -0.4 is 4.74 Å². The Morgan fingerprint density at radius 1 is 1.16 bits per heavy atom. The molecule has 0 amide bonds. The molecule has 1 aromatic carbocycles. The zero-order valence-electron chi connectivity index (χ0n) is 11.8. The lowest BCUT2D eigenvalue weighted by atomic mass is 10.0. The predicted molar refractivity (Wildman–Crippen MR) is 77.4 cm³/mol. The summed E-state index contributed by atoms with van der Waals surface area (Å²) in [5, 5.41) is 17.7. The lowest BCUT2D eigenvalue weighted by molar-refractivity contribution is 0.214. The fraction of sp³-hybridized carbons (Fsp3) is 0.625. The maximum atomic E-state index is 8.85. The highest BCUT2D eigenvalue weighted by Crippen LogP contribution is 2.18. The molecule has 1 rings (SSSR count). The van der Waals surface area contributed by atoms with Crippen molar-refractivity contribution in [3.63, 3.8) is 0 Å². The number of hydrogen-bond acceptors (Lipinski definition) is 3. The molecule has 1 unspecified atom stereocenters. The summed E-state index contributed by atoms with van der Waals surface area (Å²) in [6.07, 6.45) is 4.60. The molecule has 0 spiro atoms. The number of benzene rings is 1. The van der Waals surface area contributed by atoms with Gasteiger partial charge < -0.3 is 14.9 Å². The van der Waals surface area contributed by atoms with Crippen LogP contribution in [0.3, 0.4) is 0 Å². The number of ether oxygens (including phenoxy) is 1. The van der Waals surface area contributed by atoms with Crippen molar-refractivity contribution in [1.82, 2.24) is 0 Å². The maximum absolute atomic E-state index is 8.85. The summed E-state index contributed by atoms with van der Waals surface area (Å²) in [5.74, 6) is 1.41. The number of aliphatic hydroxyl groups is 2. The van der Waals surface area contributed by atoms with Crippen molar-refractivity contribution in [2.24, 2.45) is 5.92 Å². The summed E-state index contributed by atoms with van der Waals surface area (Å²) in [6.45, 7) is 3.35. The highest BCUT2D eigenvalue weighted by molar-refractivity contribution is 5.28. The zero-order valence-corrected chi connectivity index (χ0v) is 11.8. The van der Waals surface area contributed by atoms with Crippen LogP contribution in [0.2, 0.25) is 0 Å². The first-order chi connectivity index (χ1) is 9.30. The third kappa shape index (κ3) is 6.60. The van der Waals surface area contributed by atoms with E-state index in [9.17, 15) is 0 Å². The average molecular weight is 266 g/mol. The van der Waals surface area contributed by atoms with Crippen molar-refractivity contribution in [3.05, 3.63) is 29.8 Å². The van der Waals surface area contributed by atoms with Crippen molar-refractivity contribution in [1.29, 1.82) is 0 Å². The van der Waals surface area contributed by atoms with E-state index in [0.29, 0.717) is 12.5 Å². The van der Waals surface area contributed by atoms with Crippen LogP contribution in [0.5, 0.6) is 5.75 Å². The van der Waals surface area contributed by atoms with Crippen molar-refractivity contribution >= 4 is 0 Å². The molecule has 19 heavy (non-hydrogen) atoms. The Morgan fingerprint density at radius 3 is 2.63 bits per heavy atom. The van der Waals surface area contributed by atoms with Gasteiger partial charge in [-0.3, -0.25) is 0 Å². The molecule has 3 nitrogen and oxygen atoms in total. The van der Waals surface area contributed by atoms with Gasteiger partial charge in [-0.25, -0.2) is 0 Å². The van der Waals surface area contributed by atoms with Crippen molar-refractivity contribution in [2.75, 3.05) is 19.8 Å². The van der Waals surface area contributed by atoms with Gasteiger partial charge in [0.1, 0.15) is 5.75 Å². The molecule has 0 aliphatic carbocycles. The van der Waals surface area contributed by atoms with Gasteiger partial charge in [0.05, 0.1) is 6.61 Å². The summed E-state index contributed by atoms with van der Waals surface area (Å²) < 4.78 is 5.83. The van der Waals surface area contributed by atoms with Crippen LogP contribution in [-0.2, 0) is 6.42 Å². The second-order valence-electron chi connectivity index (χ2n) is 4.93. The van der Waals surface area contributed by atoms with E-state index in [2.05, 4.69) is 19.1 Å². The Bertz CT molecular complexity index is 339. The van der Waals surface area contributed by atoms with Crippen LogP contribution in [0, 0.1) is 5.92 Å². The molecule has 0 saturated carbocycles. The molecule has 3 heteroatoms. The largest absolute Gasteiger partial charge is 0.493 e. The second kappa shape index (κ2) is 9.82. The SMILES string of the molecule is CCC(CCCO)COc1cccc(CCCO)c1. The molecule has 2 N–H and O–H groups in total. The molecule has 0 bridgehead atoms. The average Bonchev–Trinajstić information content (AvgIpc) is 2.46. The summed E-state index contributed by atoms with van der Waals surface area (Å²) in [5.41, 5.74) is 1.20. The van der Waals surface area contributed by atoms with E-state index in [1.807, 2.05) is 12.1 Å². The van der Waals surface area contributed by atoms with Gasteiger partial charge >= 0.3 is 0 Å². The fourth-order valence-electron chi connectivity index (χ4n) is 2.07. The third-order valence-corrected chi connectivity index (χ3v) is 3.36. The smallest absolute Gasteiger partial charge is 0.119 e. The summed E-state index contributed by atoms with van der Waals surface area (Å²) in [7, 11) is 0. The van der Waals surface area contributed by atoms with E-state index in [4.69, 9.17) is 14.9 Å². The van der Waals surface area contributed by atoms with Gasteiger partial charge in [-0.15, -0.1) is 0 Å². The molecule has 0 fully saturated rings. The summed E-state index contributed by atoms with van der Waals surface area (Å²) in [6, 6.07) is 8.08. The van der Waals surface area contributed by atoms with Gasteiger partial charge in [-0.05, 0) is 49.3 Å². The van der Waals surface area contributed by atoms with Crippen molar-refractivity contribution < 1.29 is 14.9 Å². The normalized spacial score (nSPS) is 12.4. The lowest BCUT2D eigenvalue weighted by Gasteiger charge is -2.15. The fourth-order valence-corrected chi connectivity index (χ4v) is 2.07. The van der Waals surface area contributed by atoms with E-state index in [-0.39, 0.29) is 13.2 Å². The topological polar surface area (TPSA) is 49.7 Å². The Morgan fingerprint density at radius 2 is 1.95 bits per heavy atom. The van der Waals surface area contributed by atoms with Crippen LogP contribution in [0.25, 0.3) is 0 Å². The second-order valence-corrected chi connectivity index (χ2v) is 4.93. The Hall–Kier alpha value is -1.06. The first kappa shape index (κ1) is 16.0. The van der Waals surface area contributed by atoms with Crippen molar-refractivity contribution in [2.45, 2.75) is 39.0 Å². The third-order valence-electron chi connectivity index (χ3n) is 3.36. The highest BCUT2D eigenvalue weighted by atomic mass is 16.5. The molecule has 0 aromatic heterocycles. The van der Waals surface area contributed by atoms with E-state index in [0.717, 1.165) is 37.9 Å². The van der Waals surface area contributed by atoms with Crippen molar-refractivity contribution in [3.8, 4) is 5.75 Å². The summed E-state index contributed by atoms with van der Waals surface area (Å²) >= 11 is 0. The first-order valence-corrected chi connectivity index (χ1v) is 7.23. The lowest BCUT2D eigenvalue weighted by Crippen LogP contribution is -2.12. The highest BCUT2D eigenvalue weighted by Gasteiger charge is 2.07. The molecule has 0 saturated heterocycles. The van der Waals surface area contributed by atoms with Gasteiger partial charge in [0, 0.05) is 13.2 Å². The molecule has 1 aromatic rings. The van der Waals surface area contributed by atoms with Crippen LogP contribution in [0.15, 0.2) is 24.3 Å². The Balaban J connectivity index is 2.42. The number of rotatable bonds is 10. The van der Waals surface area contributed by atoms with Gasteiger partial charge in [0.2, 0.25) is 0 Å². The van der Waals surface area contributed by atoms with E-state index in [1.165, 1.54) is 5.56 Å². The quantitative estimate of drug-likeness (QED) is 0.684. The number of hydrogen-bond donors (Lipinski definition) is 2. The molecule has 0 radical (unpaired) electrons. The molecule has 0 aliphatic heterocycles. The van der Waals surface area contributed by atoms with Crippen LogP contribution in [-0.4, -0.2) is 30.0 Å². The van der Waals surface area contributed by atoms with Crippen LogP contribution >= 0.6 is 0 Å². The molecule has 0 aliphatic rings. The molecule has 108 valence electrons. The Labute approximate surface area is 116 Å². The molecule has 1 atom stereocenters. The molecular formula is C16H26O3. The standard InChI is InChI=1S/C16H26O3/c1-2-14(7-4-10-17)13-19-16-9-3-6-15(12-16)8-5-11-18/h3,6,9,12,14,17-18H,2,4-5,7-8,10-11,13H2,1H3. The molecule has 0 heterocycles. The monoisotopic (exact) mass is 266 g/mol. The Kier molecular flexibility index (Phi) is 8.26. The van der Waals surface area contributed by atoms with Gasteiger partial charge in [-0.2, -0.15) is 0 Å². The minimum Gasteiger partial charge on any atom is -0.493 e. The van der Waals surface area contributed by atoms with Gasteiger partial charge in [0.15, 0.2) is 0 Å². The predicted octanol–water partition coefficient (Wildman–Crippen LogP) is 2.79. The van der Waals surface area contributed by atoms with E-state index >= 15 is 0 Å². The maximum Gasteiger partial charge on any atom is 0.119 e. The number of aryl methyl sites for hydroxylation is 1. The minimum absolute atomic E-state index is 0.226. The number of aliphatic hydroxyl groups excluding tert-OH is 2. The van der Waals surface area contributed by atoms with Crippen LogP contribution in [0.4, 0.5) is 0 Å². The van der Waals surface area contributed by atoms with Gasteiger partial charge in [-0.1, -0.05) is 25.5 Å². The van der Waals surface area contributed by atoms with E-state index < -0.39 is 0 Å². The summed E-state index contributed by atoms with van der Waals surface area (Å²) in [4.78, 5) is 0. The van der Waals surface area contributed by atoms with E-state index in [1.54, 1.807) is 0 Å². The molecular weight excluding hydrogens is 240 g/mol. The zero-order chi connectivity index (χ0) is 13.9. The van der Waals surface area contributed by atoms with Crippen LogP contribution in [0.1, 0.15) is 38.2 Å². The first-order valence-electron chi connectivity index (χ1n) is 7.23.